The van der Waals surface area contributed by atoms with Crippen LogP contribution in [-0.4, -0.2) is 8.42 Å². The molecule has 0 bridgehead atoms. The molecule has 3 aromatic carbocycles. The van der Waals surface area contributed by atoms with Crippen molar-refractivity contribution in [2.75, 3.05) is 0 Å². The third kappa shape index (κ3) is 3.17. The van der Waals surface area contributed by atoms with Gasteiger partial charge >= 0.3 is 0 Å². The van der Waals surface area contributed by atoms with Gasteiger partial charge in [-0.3, -0.25) is 0 Å². The van der Waals surface area contributed by atoms with Gasteiger partial charge < -0.3 is 4.42 Å². The van der Waals surface area contributed by atoms with Gasteiger partial charge in [-0.25, -0.2) is 0 Å². The Balaban J connectivity index is 2.02. The van der Waals surface area contributed by atoms with Crippen molar-refractivity contribution in [3.05, 3.63) is 96.5 Å². The van der Waals surface area contributed by atoms with Gasteiger partial charge in [0.05, 0.1) is 4.90 Å². The highest BCUT2D eigenvalue weighted by Gasteiger charge is 2.14. The molecule has 128 valence electrons. The average molecular weight is 361 g/mol. The first-order valence-corrected chi connectivity index (χ1v) is 9.52. The Bertz CT molecular complexity index is 1230. The number of para-hydroxylation sites is 1. The van der Waals surface area contributed by atoms with Crippen LogP contribution < -0.4 is 5.55 Å². The van der Waals surface area contributed by atoms with E-state index in [9.17, 15) is 8.42 Å². The highest BCUT2D eigenvalue weighted by molar-refractivity contribution is 7.90. The zero-order valence-corrected chi connectivity index (χ0v) is 14.6. The Hall–Kier alpha value is -3.18. The van der Waals surface area contributed by atoms with Crippen LogP contribution in [0.3, 0.4) is 0 Å². The molecule has 0 aliphatic heterocycles. The fourth-order valence-electron chi connectivity index (χ4n) is 2.72. The molecule has 0 saturated heterocycles. The standard InChI is InChI=1S/C21H15NO3S/c23-26(24,18-12-5-2-6-13-18)22-21-19(16-9-3-1-4-10-16)15-17-11-7-8-14-20(17)25-21/h1-15H/b22-21-. The van der Waals surface area contributed by atoms with Gasteiger partial charge in [0.1, 0.15) is 5.58 Å². The third-order valence-electron chi connectivity index (χ3n) is 3.98. The highest BCUT2D eigenvalue weighted by Crippen LogP contribution is 2.21. The van der Waals surface area contributed by atoms with E-state index in [1.165, 1.54) is 12.1 Å². The molecule has 0 radical (unpaired) electrons. The Morgan fingerprint density at radius 2 is 1.35 bits per heavy atom. The summed E-state index contributed by atoms with van der Waals surface area (Å²) in [6, 6.07) is 26.9. The van der Waals surface area contributed by atoms with E-state index in [-0.39, 0.29) is 10.4 Å². The van der Waals surface area contributed by atoms with E-state index in [2.05, 4.69) is 4.40 Å². The quantitative estimate of drug-likeness (QED) is 0.544. The van der Waals surface area contributed by atoms with Crippen molar-refractivity contribution in [2.45, 2.75) is 4.90 Å². The van der Waals surface area contributed by atoms with E-state index >= 15 is 0 Å². The molecule has 0 spiro atoms. The second-order valence-corrected chi connectivity index (χ2v) is 7.35. The molecular formula is C21H15NO3S. The first kappa shape index (κ1) is 16.3. The number of nitrogens with zero attached hydrogens (tertiary/aromatic N) is 1. The average Bonchev–Trinajstić information content (AvgIpc) is 2.68. The van der Waals surface area contributed by atoms with Crippen LogP contribution in [0.1, 0.15) is 0 Å². The van der Waals surface area contributed by atoms with E-state index in [1.54, 1.807) is 24.3 Å². The maximum atomic E-state index is 12.7. The number of hydrogen-bond donors (Lipinski definition) is 0. The van der Waals surface area contributed by atoms with E-state index < -0.39 is 10.0 Å². The predicted octanol–water partition coefficient (Wildman–Crippen LogP) is 4.39. The van der Waals surface area contributed by atoms with Gasteiger partial charge in [-0.15, -0.1) is 4.40 Å². The summed E-state index contributed by atoms with van der Waals surface area (Å²) < 4.78 is 35.2. The second kappa shape index (κ2) is 6.61. The lowest BCUT2D eigenvalue weighted by atomic mass is 10.1. The number of benzene rings is 3. The van der Waals surface area contributed by atoms with Crippen molar-refractivity contribution in [1.29, 1.82) is 0 Å². The number of fused-ring (bicyclic) bond motifs is 1. The van der Waals surface area contributed by atoms with Crippen LogP contribution in [-0.2, 0) is 10.0 Å². The van der Waals surface area contributed by atoms with E-state index in [4.69, 9.17) is 4.42 Å². The largest absolute Gasteiger partial charge is 0.437 e. The molecule has 4 rings (SSSR count). The molecule has 0 saturated carbocycles. The van der Waals surface area contributed by atoms with Gasteiger partial charge in [-0.05, 0) is 29.8 Å². The van der Waals surface area contributed by atoms with E-state index in [1.807, 2.05) is 54.6 Å². The number of rotatable bonds is 3. The van der Waals surface area contributed by atoms with Gasteiger partial charge in [0.2, 0.25) is 5.55 Å². The minimum atomic E-state index is -3.88. The molecule has 1 heterocycles. The van der Waals surface area contributed by atoms with Crippen molar-refractivity contribution >= 4 is 21.0 Å². The summed E-state index contributed by atoms with van der Waals surface area (Å²) in [6.45, 7) is 0. The molecule has 5 heteroatoms. The molecule has 0 fully saturated rings. The van der Waals surface area contributed by atoms with Crippen LogP contribution >= 0.6 is 0 Å². The summed E-state index contributed by atoms with van der Waals surface area (Å²) in [5.41, 5.74) is 2.11. The molecule has 0 amide bonds. The lowest BCUT2D eigenvalue weighted by molar-refractivity contribution is 0.543. The third-order valence-corrected chi connectivity index (χ3v) is 5.26. The SMILES string of the molecule is O=S(=O)(/N=c1\oc2ccccc2cc1-c1ccccc1)c1ccccc1. The first-order valence-electron chi connectivity index (χ1n) is 8.08. The lowest BCUT2D eigenvalue weighted by Crippen LogP contribution is -2.10. The van der Waals surface area contributed by atoms with Crippen LogP contribution in [0.15, 0.2) is 105 Å². The Labute approximate surface area is 151 Å². The fraction of sp³-hybridized carbons (Fsp3) is 0. The maximum Gasteiger partial charge on any atom is 0.285 e. The van der Waals surface area contributed by atoms with E-state index in [0.29, 0.717) is 11.1 Å². The van der Waals surface area contributed by atoms with Crippen LogP contribution in [0.5, 0.6) is 0 Å². The van der Waals surface area contributed by atoms with Crippen molar-refractivity contribution in [3.8, 4) is 11.1 Å². The lowest BCUT2D eigenvalue weighted by Gasteiger charge is -2.05. The monoisotopic (exact) mass is 361 g/mol. The van der Waals surface area contributed by atoms with Crippen LogP contribution in [0.2, 0.25) is 0 Å². The molecule has 4 nitrogen and oxygen atoms in total. The zero-order valence-electron chi connectivity index (χ0n) is 13.7. The first-order chi connectivity index (χ1) is 12.6. The normalized spacial score (nSPS) is 12.4. The molecule has 4 aromatic rings. The van der Waals surface area contributed by atoms with Gasteiger partial charge in [0, 0.05) is 10.9 Å². The minimum absolute atomic E-state index is 0.0683. The summed E-state index contributed by atoms with van der Waals surface area (Å²) in [5, 5.41) is 0.877. The van der Waals surface area contributed by atoms with Crippen molar-refractivity contribution in [3.63, 3.8) is 0 Å². The van der Waals surface area contributed by atoms with E-state index in [0.717, 1.165) is 10.9 Å². The Morgan fingerprint density at radius 1 is 0.731 bits per heavy atom. The second-order valence-electron chi connectivity index (χ2n) is 5.75. The smallest absolute Gasteiger partial charge is 0.285 e. The zero-order chi connectivity index (χ0) is 18.0. The van der Waals surface area contributed by atoms with Crippen LogP contribution in [0.4, 0.5) is 0 Å². The van der Waals surface area contributed by atoms with Crippen LogP contribution in [0.25, 0.3) is 22.1 Å². The van der Waals surface area contributed by atoms with Crippen molar-refractivity contribution in [2.24, 2.45) is 4.40 Å². The summed E-state index contributed by atoms with van der Waals surface area (Å²) in [4.78, 5) is 0.127. The van der Waals surface area contributed by atoms with Crippen LogP contribution in [0, 0.1) is 0 Å². The minimum Gasteiger partial charge on any atom is -0.437 e. The number of sulfonamides is 1. The van der Waals surface area contributed by atoms with Gasteiger partial charge in [0.15, 0.2) is 0 Å². The van der Waals surface area contributed by atoms with Crippen molar-refractivity contribution in [1.82, 2.24) is 0 Å². The van der Waals surface area contributed by atoms with Gasteiger partial charge in [-0.1, -0.05) is 66.7 Å². The summed E-state index contributed by atoms with van der Waals surface area (Å²) in [6.07, 6.45) is 0. The number of hydrogen-bond acceptors (Lipinski definition) is 3. The molecular weight excluding hydrogens is 346 g/mol. The summed E-state index contributed by atoms with van der Waals surface area (Å²) in [7, 11) is -3.88. The molecule has 0 unspecified atom stereocenters. The maximum absolute atomic E-state index is 12.7. The molecule has 26 heavy (non-hydrogen) atoms. The highest BCUT2D eigenvalue weighted by atomic mass is 32.2. The molecule has 0 atom stereocenters. The molecule has 1 aromatic heterocycles. The predicted molar refractivity (Wildman–Crippen MR) is 101 cm³/mol. The summed E-state index contributed by atoms with van der Waals surface area (Å²) >= 11 is 0. The van der Waals surface area contributed by atoms with Gasteiger partial charge in [-0.2, -0.15) is 8.42 Å². The molecule has 0 aliphatic rings. The fourth-order valence-corrected chi connectivity index (χ4v) is 3.68. The van der Waals surface area contributed by atoms with Crippen molar-refractivity contribution < 1.29 is 12.8 Å². The molecule has 0 aliphatic carbocycles. The Morgan fingerprint density at radius 3 is 2.08 bits per heavy atom. The van der Waals surface area contributed by atoms with Gasteiger partial charge in [0.25, 0.3) is 10.0 Å². The Kier molecular flexibility index (Phi) is 4.14. The summed E-state index contributed by atoms with van der Waals surface area (Å²) in [5.74, 6) is 0. The molecule has 0 N–H and O–H groups in total. The topological polar surface area (TPSA) is 59.6 Å².